The Morgan fingerprint density at radius 3 is 2.74 bits per heavy atom. The van der Waals surface area contributed by atoms with Gasteiger partial charge in [0, 0.05) is 45.5 Å². The molecule has 0 spiro atoms. The topological polar surface area (TPSA) is 66.5 Å². The van der Waals surface area contributed by atoms with Crippen molar-refractivity contribution in [3.63, 3.8) is 0 Å². The number of carbonyl (C=O) groups is 1. The van der Waals surface area contributed by atoms with Gasteiger partial charge in [0.05, 0.1) is 6.10 Å². The minimum Gasteiger partial charge on any atom is -0.489 e. The normalized spacial score (nSPS) is 14.6. The van der Waals surface area contributed by atoms with Crippen molar-refractivity contribution in [1.29, 1.82) is 0 Å². The molecule has 0 unspecified atom stereocenters. The summed E-state index contributed by atoms with van der Waals surface area (Å²) in [5.74, 6) is 0.355. The molecule has 1 saturated heterocycles. The summed E-state index contributed by atoms with van der Waals surface area (Å²) in [6.07, 6.45) is 1.62. The number of aromatic nitrogens is 1. The Bertz CT molecular complexity index is 469. The van der Waals surface area contributed by atoms with Crippen LogP contribution in [-0.4, -0.2) is 61.2 Å². The third-order valence-electron chi connectivity index (χ3n) is 3.27. The number of halogens is 2. The quantitative estimate of drug-likeness (QED) is 0.797. The van der Waals surface area contributed by atoms with Crippen LogP contribution in [0, 0.1) is 0 Å². The summed E-state index contributed by atoms with van der Waals surface area (Å²) in [4.78, 5) is 18.7. The molecule has 6 nitrogen and oxygen atoms in total. The van der Waals surface area contributed by atoms with Crippen molar-refractivity contribution in [2.45, 2.75) is 20.0 Å². The van der Waals surface area contributed by atoms with Crippen molar-refractivity contribution in [2.75, 3.05) is 39.3 Å². The van der Waals surface area contributed by atoms with E-state index < -0.39 is 0 Å². The van der Waals surface area contributed by atoms with Gasteiger partial charge in [-0.1, -0.05) is 0 Å². The maximum absolute atomic E-state index is 12.2. The van der Waals surface area contributed by atoms with Crippen LogP contribution in [0.25, 0.3) is 0 Å². The molecule has 8 heteroatoms. The molecule has 0 radical (unpaired) electrons. The zero-order chi connectivity index (χ0) is 15.1. The van der Waals surface area contributed by atoms with Gasteiger partial charge in [-0.25, -0.2) is 4.98 Å². The molecule has 0 atom stereocenters. The van der Waals surface area contributed by atoms with Crippen molar-refractivity contribution in [1.82, 2.24) is 20.5 Å². The summed E-state index contributed by atoms with van der Waals surface area (Å²) in [6, 6.07) is 3.55. The fraction of sp³-hybridized carbons (Fsp3) is 0.600. The number of ether oxygens (including phenoxy) is 1. The van der Waals surface area contributed by atoms with Crippen LogP contribution in [0.5, 0.6) is 5.75 Å². The van der Waals surface area contributed by atoms with E-state index in [1.807, 2.05) is 13.8 Å². The first kappa shape index (κ1) is 21.9. The molecule has 1 aliphatic heterocycles. The lowest BCUT2D eigenvalue weighted by Gasteiger charge is -2.27. The van der Waals surface area contributed by atoms with Crippen LogP contribution in [-0.2, 0) is 0 Å². The molecule has 0 aromatic carbocycles. The van der Waals surface area contributed by atoms with E-state index in [-0.39, 0.29) is 36.8 Å². The smallest absolute Gasteiger partial charge is 0.273 e. The minimum absolute atomic E-state index is 0. The summed E-state index contributed by atoms with van der Waals surface area (Å²) in [7, 11) is 0. The Kier molecular flexibility index (Phi) is 10.9. The first-order valence-corrected chi connectivity index (χ1v) is 7.50. The molecule has 23 heavy (non-hydrogen) atoms. The van der Waals surface area contributed by atoms with Crippen LogP contribution >= 0.6 is 24.8 Å². The number of nitrogens with zero attached hydrogens (tertiary/aromatic N) is 2. The van der Waals surface area contributed by atoms with Gasteiger partial charge in [-0.3, -0.25) is 9.69 Å². The maximum atomic E-state index is 12.2. The average molecular weight is 365 g/mol. The van der Waals surface area contributed by atoms with Crippen LogP contribution in [0.4, 0.5) is 0 Å². The van der Waals surface area contributed by atoms with Gasteiger partial charge < -0.3 is 15.4 Å². The second-order valence-corrected chi connectivity index (χ2v) is 5.36. The van der Waals surface area contributed by atoms with Gasteiger partial charge in [-0.15, -0.1) is 24.8 Å². The molecule has 2 N–H and O–H groups in total. The molecule has 1 aromatic rings. The monoisotopic (exact) mass is 364 g/mol. The Hall–Kier alpha value is -1.08. The van der Waals surface area contributed by atoms with E-state index >= 15 is 0 Å². The zero-order valence-corrected chi connectivity index (χ0v) is 15.2. The third kappa shape index (κ3) is 7.35. The van der Waals surface area contributed by atoms with Crippen molar-refractivity contribution < 1.29 is 9.53 Å². The zero-order valence-electron chi connectivity index (χ0n) is 13.6. The first-order valence-electron chi connectivity index (χ1n) is 7.50. The van der Waals surface area contributed by atoms with E-state index in [4.69, 9.17) is 4.74 Å². The Balaban J connectivity index is 0.00000242. The van der Waals surface area contributed by atoms with Crippen LogP contribution in [0.3, 0.4) is 0 Å². The SMILES string of the molecule is CC(C)Oc1cccnc1C(=O)NCCN1CCNCC1.Cl.Cl. The predicted molar refractivity (Wildman–Crippen MR) is 96.1 cm³/mol. The molecule has 0 bridgehead atoms. The average Bonchev–Trinajstić information content (AvgIpc) is 2.48. The lowest BCUT2D eigenvalue weighted by atomic mass is 10.3. The Morgan fingerprint density at radius 2 is 2.09 bits per heavy atom. The molecule has 0 aliphatic carbocycles. The highest BCUT2D eigenvalue weighted by molar-refractivity contribution is 5.94. The van der Waals surface area contributed by atoms with Crippen LogP contribution in [0.15, 0.2) is 18.3 Å². The van der Waals surface area contributed by atoms with Crippen molar-refractivity contribution in [3.05, 3.63) is 24.0 Å². The van der Waals surface area contributed by atoms with E-state index in [0.717, 1.165) is 32.7 Å². The van der Waals surface area contributed by atoms with Crippen LogP contribution in [0.2, 0.25) is 0 Å². The van der Waals surface area contributed by atoms with Crippen molar-refractivity contribution in [2.24, 2.45) is 0 Å². The fourth-order valence-corrected chi connectivity index (χ4v) is 2.26. The van der Waals surface area contributed by atoms with Crippen LogP contribution in [0.1, 0.15) is 24.3 Å². The minimum atomic E-state index is -0.179. The molecule has 2 rings (SSSR count). The molecular weight excluding hydrogens is 339 g/mol. The highest BCUT2D eigenvalue weighted by Gasteiger charge is 2.15. The lowest BCUT2D eigenvalue weighted by molar-refractivity contribution is 0.0936. The third-order valence-corrected chi connectivity index (χ3v) is 3.27. The molecule has 1 aliphatic rings. The Morgan fingerprint density at radius 1 is 1.39 bits per heavy atom. The highest BCUT2D eigenvalue weighted by atomic mass is 35.5. The van der Waals surface area contributed by atoms with E-state index in [1.54, 1.807) is 18.3 Å². The van der Waals surface area contributed by atoms with E-state index in [9.17, 15) is 4.79 Å². The van der Waals surface area contributed by atoms with Gasteiger partial charge in [0.25, 0.3) is 5.91 Å². The van der Waals surface area contributed by atoms with Gasteiger partial charge >= 0.3 is 0 Å². The highest BCUT2D eigenvalue weighted by Crippen LogP contribution is 2.16. The number of hydrogen-bond acceptors (Lipinski definition) is 5. The standard InChI is InChI=1S/C15H24N4O2.2ClH/c1-12(2)21-13-4-3-5-17-14(13)15(20)18-8-11-19-9-6-16-7-10-19;;/h3-5,12,16H,6-11H2,1-2H3,(H,18,20);2*1H. The van der Waals surface area contributed by atoms with Crippen molar-refractivity contribution in [3.8, 4) is 5.75 Å². The number of nitrogens with one attached hydrogen (secondary N) is 2. The van der Waals surface area contributed by atoms with E-state index in [1.165, 1.54) is 0 Å². The summed E-state index contributed by atoms with van der Waals surface area (Å²) in [5, 5.41) is 6.23. The van der Waals surface area contributed by atoms with Gasteiger partial charge in [0.1, 0.15) is 0 Å². The molecule has 1 aromatic heterocycles. The summed E-state index contributed by atoms with van der Waals surface area (Å²) >= 11 is 0. The second kappa shape index (κ2) is 11.5. The molecular formula is C15H26Cl2N4O2. The lowest BCUT2D eigenvalue weighted by Crippen LogP contribution is -2.46. The van der Waals surface area contributed by atoms with E-state index in [0.29, 0.717) is 18.0 Å². The summed E-state index contributed by atoms with van der Waals surface area (Å²) < 4.78 is 5.62. The van der Waals surface area contributed by atoms with Gasteiger partial charge in [0.2, 0.25) is 0 Å². The number of rotatable bonds is 6. The molecule has 2 heterocycles. The van der Waals surface area contributed by atoms with Gasteiger partial charge in [-0.05, 0) is 26.0 Å². The number of amides is 1. The largest absolute Gasteiger partial charge is 0.489 e. The van der Waals surface area contributed by atoms with E-state index in [2.05, 4.69) is 20.5 Å². The first-order chi connectivity index (χ1) is 10.2. The van der Waals surface area contributed by atoms with Gasteiger partial charge in [-0.2, -0.15) is 0 Å². The molecule has 0 saturated carbocycles. The van der Waals surface area contributed by atoms with Gasteiger partial charge in [0.15, 0.2) is 11.4 Å². The number of piperazine rings is 1. The molecule has 1 amide bonds. The number of carbonyl (C=O) groups excluding carboxylic acids is 1. The number of pyridine rings is 1. The second-order valence-electron chi connectivity index (χ2n) is 5.36. The Labute approximate surface area is 150 Å². The van der Waals surface area contributed by atoms with Crippen molar-refractivity contribution >= 4 is 30.7 Å². The predicted octanol–water partition coefficient (Wildman–Crippen LogP) is 1.35. The molecule has 132 valence electrons. The summed E-state index contributed by atoms with van der Waals surface area (Å²) in [5.41, 5.74) is 0.353. The molecule has 1 fully saturated rings. The fourth-order valence-electron chi connectivity index (χ4n) is 2.26. The number of hydrogen-bond donors (Lipinski definition) is 2. The van der Waals surface area contributed by atoms with Crippen LogP contribution < -0.4 is 15.4 Å². The maximum Gasteiger partial charge on any atom is 0.273 e. The summed E-state index contributed by atoms with van der Waals surface area (Å²) in [6.45, 7) is 9.43.